The Morgan fingerprint density at radius 3 is 2.42 bits per heavy atom. The van der Waals surface area contributed by atoms with Gasteiger partial charge in [-0.2, -0.15) is 0 Å². The van der Waals surface area contributed by atoms with Crippen molar-refractivity contribution in [2.24, 2.45) is 23.7 Å². The molecule has 0 amide bonds. The minimum atomic E-state index is 0.831. The van der Waals surface area contributed by atoms with Crippen LogP contribution >= 0.6 is 0 Å². The Morgan fingerprint density at radius 2 is 1.79 bits per heavy atom. The van der Waals surface area contributed by atoms with E-state index in [0.717, 1.165) is 36.3 Å². The summed E-state index contributed by atoms with van der Waals surface area (Å²) in [5, 5.41) is 3.82. The molecular weight excluding hydrogens is 230 g/mol. The molecule has 3 fully saturated rings. The van der Waals surface area contributed by atoms with Gasteiger partial charge in [-0.05, 0) is 62.3 Å². The monoisotopic (exact) mass is 263 g/mol. The van der Waals surface area contributed by atoms with Crippen LogP contribution in [0.3, 0.4) is 0 Å². The standard InChI is InChI=1S/C18H33N/c1-2-19-18(12-14-6-4-3-5-7-14)13-17-11-15-8-9-16(17)10-15/h14-19H,2-13H2,1H3. The molecular formula is C18H33N. The van der Waals surface area contributed by atoms with E-state index < -0.39 is 0 Å². The molecule has 0 aromatic heterocycles. The lowest BCUT2D eigenvalue weighted by molar-refractivity contribution is 0.237. The first-order valence-electron chi connectivity index (χ1n) is 9.08. The second-order valence-electron chi connectivity index (χ2n) is 7.66. The van der Waals surface area contributed by atoms with E-state index >= 15 is 0 Å². The van der Waals surface area contributed by atoms with Gasteiger partial charge in [0.2, 0.25) is 0 Å². The van der Waals surface area contributed by atoms with Crippen molar-refractivity contribution in [3.8, 4) is 0 Å². The van der Waals surface area contributed by atoms with Crippen LogP contribution in [0.2, 0.25) is 0 Å². The van der Waals surface area contributed by atoms with Crippen LogP contribution in [0.5, 0.6) is 0 Å². The van der Waals surface area contributed by atoms with E-state index in [0.29, 0.717) is 0 Å². The van der Waals surface area contributed by atoms with E-state index in [9.17, 15) is 0 Å². The second kappa shape index (κ2) is 6.61. The van der Waals surface area contributed by atoms with Crippen molar-refractivity contribution in [3.63, 3.8) is 0 Å². The highest BCUT2D eigenvalue weighted by Crippen LogP contribution is 2.50. The fourth-order valence-electron chi connectivity index (χ4n) is 5.41. The smallest absolute Gasteiger partial charge is 0.00723 e. The van der Waals surface area contributed by atoms with E-state index in [1.807, 2.05) is 0 Å². The lowest BCUT2D eigenvalue weighted by Gasteiger charge is -2.31. The van der Waals surface area contributed by atoms with Crippen LogP contribution in [-0.2, 0) is 0 Å². The third kappa shape index (κ3) is 3.54. The van der Waals surface area contributed by atoms with Gasteiger partial charge in [0.25, 0.3) is 0 Å². The molecule has 4 unspecified atom stereocenters. The van der Waals surface area contributed by atoms with Gasteiger partial charge in [-0.1, -0.05) is 45.4 Å². The average molecular weight is 263 g/mol. The molecule has 3 saturated carbocycles. The highest BCUT2D eigenvalue weighted by Gasteiger charge is 2.40. The molecule has 0 aliphatic heterocycles. The van der Waals surface area contributed by atoms with E-state index in [2.05, 4.69) is 12.2 Å². The lowest BCUT2D eigenvalue weighted by atomic mass is 9.79. The summed E-state index contributed by atoms with van der Waals surface area (Å²) in [5.74, 6) is 4.34. The molecule has 0 aromatic rings. The van der Waals surface area contributed by atoms with Gasteiger partial charge < -0.3 is 5.32 Å². The van der Waals surface area contributed by atoms with Crippen LogP contribution in [0.25, 0.3) is 0 Å². The third-order valence-corrected chi connectivity index (χ3v) is 6.31. The Labute approximate surface area is 119 Å². The second-order valence-corrected chi connectivity index (χ2v) is 7.66. The third-order valence-electron chi connectivity index (χ3n) is 6.31. The lowest BCUT2D eigenvalue weighted by Crippen LogP contribution is -2.34. The van der Waals surface area contributed by atoms with Crippen LogP contribution in [-0.4, -0.2) is 12.6 Å². The maximum Gasteiger partial charge on any atom is 0.00723 e. The highest BCUT2D eigenvalue weighted by atomic mass is 14.9. The van der Waals surface area contributed by atoms with Crippen molar-refractivity contribution >= 4 is 0 Å². The summed E-state index contributed by atoms with van der Waals surface area (Å²) in [6.07, 6.45) is 16.7. The van der Waals surface area contributed by atoms with E-state index in [4.69, 9.17) is 0 Å². The van der Waals surface area contributed by atoms with E-state index in [-0.39, 0.29) is 0 Å². The molecule has 0 heterocycles. The van der Waals surface area contributed by atoms with Gasteiger partial charge >= 0.3 is 0 Å². The van der Waals surface area contributed by atoms with Gasteiger partial charge in [0, 0.05) is 6.04 Å². The fraction of sp³-hybridized carbons (Fsp3) is 1.00. The molecule has 4 atom stereocenters. The summed E-state index contributed by atoms with van der Waals surface area (Å²) in [5.41, 5.74) is 0. The summed E-state index contributed by atoms with van der Waals surface area (Å²) >= 11 is 0. The predicted octanol–water partition coefficient (Wildman–Crippen LogP) is 4.76. The molecule has 1 nitrogen and oxygen atoms in total. The normalized spacial score (nSPS) is 36.8. The summed E-state index contributed by atoms with van der Waals surface area (Å²) in [4.78, 5) is 0. The molecule has 110 valence electrons. The van der Waals surface area contributed by atoms with Crippen molar-refractivity contribution in [3.05, 3.63) is 0 Å². The molecule has 0 saturated heterocycles. The fourth-order valence-corrected chi connectivity index (χ4v) is 5.41. The molecule has 0 aromatic carbocycles. The van der Waals surface area contributed by atoms with Crippen LogP contribution in [0.1, 0.15) is 77.6 Å². The summed E-state index contributed by atoms with van der Waals surface area (Å²) in [6, 6.07) is 0.831. The SMILES string of the molecule is CCNC(CC1CCCCC1)CC1CC2CCC1C2. The molecule has 0 radical (unpaired) electrons. The average Bonchev–Trinajstić information content (AvgIpc) is 3.02. The topological polar surface area (TPSA) is 12.0 Å². The van der Waals surface area contributed by atoms with Gasteiger partial charge in [-0.25, -0.2) is 0 Å². The van der Waals surface area contributed by atoms with Crippen LogP contribution < -0.4 is 5.32 Å². The zero-order valence-corrected chi connectivity index (χ0v) is 12.9. The van der Waals surface area contributed by atoms with Crippen molar-refractivity contribution in [2.75, 3.05) is 6.54 Å². The van der Waals surface area contributed by atoms with Gasteiger partial charge in [-0.15, -0.1) is 0 Å². The maximum atomic E-state index is 3.82. The largest absolute Gasteiger partial charge is 0.314 e. The Balaban J connectivity index is 1.49. The zero-order chi connectivity index (χ0) is 13.1. The van der Waals surface area contributed by atoms with Crippen LogP contribution in [0.15, 0.2) is 0 Å². The maximum absolute atomic E-state index is 3.82. The van der Waals surface area contributed by atoms with E-state index in [1.54, 1.807) is 25.7 Å². The minimum Gasteiger partial charge on any atom is -0.314 e. The number of hydrogen-bond donors (Lipinski definition) is 1. The minimum absolute atomic E-state index is 0.831. The Hall–Kier alpha value is -0.0400. The van der Waals surface area contributed by atoms with Crippen molar-refractivity contribution < 1.29 is 0 Å². The van der Waals surface area contributed by atoms with Gasteiger partial charge in [0.15, 0.2) is 0 Å². The molecule has 1 N–H and O–H groups in total. The van der Waals surface area contributed by atoms with Gasteiger partial charge in [-0.3, -0.25) is 0 Å². The van der Waals surface area contributed by atoms with Crippen LogP contribution in [0.4, 0.5) is 0 Å². The zero-order valence-electron chi connectivity index (χ0n) is 12.9. The molecule has 0 spiro atoms. The summed E-state index contributed by atoms with van der Waals surface area (Å²) < 4.78 is 0. The predicted molar refractivity (Wildman–Crippen MR) is 82.2 cm³/mol. The van der Waals surface area contributed by atoms with Gasteiger partial charge in [0.1, 0.15) is 0 Å². The first kappa shape index (κ1) is 13.9. The van der Waals surface area contributed by atoms with Crippen molar-refractivity contribution in [1.29, 1.82) is 0 Å². The highest BCUT2D eigenvalue weighted by molar-refractivity contribution is 4.92. The Bertz CT molecular complexity index is 269. The number of rotatable bonds is 6. The van der Waals surface area contributed by atoms with Gasteiger partial charge in [0.05, 0.1) is 0 Å². The first-order chi connectivity index (χ1) is 9.35. The number of nitrogens with one attached hydrogen (secondary N) is 1. The van der Waals surface area contributed by atoms with Crippen LogP contribution in [0, 0.1) is 23.7 Å². The molecule has 3 rings (SSSR count). The quantitative estimate of drug-likeness (QED) is 0.728. The van der Waals surface area contributed by atoms with Crippen molar-refractivity contribution in [2.45, 2.75) is 83.6 Å². The first-order valence-corrected chi connectivity index (χ1v) is 9.08. The molecule has 3 aliphatic rings. The Morgan fingerprint density at radius 1 is 0.947 bits per heavy atom. The molecule has 3 aliphatic carbocycles. The van der Waals surface area contributed by atoms with E-state index in [1.165, 1.54) is 44.9 Å². The van der Waals surface area contributed by atoms with Crippen molar-refractivity contribution in [1.82, 2.24) is 5.32 Å². The number of hydrogen-bond acceptors (Lipinski definition) is 1. The summed E-state index contributed by atoms with van der Waals surface area (Å²) in [7, 11) is 0. The Kier molecular flexibility index (Phi) is 4.84. The molecule has 2 bridgehead atoms. The number of fused-ring (bicyclic) bond motifs is 2. The summed E-state index contributed by atoms with van der Waals surface area (Å²) in [6.45, 7) is 3.45. The molecule has 19 heavy (non-hydrogen) atoms. The molecule has 1 heteroatoms.